The summed E-state index contributed by atoms with van der Waals surface area (Å²) in [7, 11) is 6.28. The fraction of sp³-hybridized carbons (Fsp3) is 0.368. The molecule has 6 nitrogen and oxygen atoms in total. The van der Waals surface area contributed by atoms with Gasteiger partial charge in [0.15, 0.2) is 29.1 Å². The molecule has 0 spiro atoms. The Morgan fingerprint density at radius 3 is 1.96 bits per heavy atom. The van der Waals surface area contributed by atoms with Crippen LogP contribution in [0.4, 0.5) is 0 Å². The fourth-order valence-electron chi connectivity index (χ4n) is 2.61. The lowest BCUT2D eigenvalue weighted by Gasteiger charge is -2.27. The number of para-hydroxylation sites is 2. The number of rotatable bonds is 9. The average Bonchev–Trinajstić information content (AvgIpc) is 2.67. The molecule has 0 aromatic heterocycles. The van der Waals surface area contributed by atoms with Crippen LogP contribution in [-0.4, -0.2) is 46.3 Å². The normalized spacial score (nSPS) is 13.0. The van der Waals surface area contributed by atoms with Crippen molar-refractivity contribution >= 4 is 0 Å². The molecule has 0 saturated heterocycles. The lowest BCUT2D eigenvalue weighted by Crippen LogP contribution is -2.30. The number of benzene rings is 2. The van der Waals surface area contributed by atoms with E-state index in [0.29, 0.717) is 23.0 Å². The van der Waals surface area contributed by atoms with E-state index in [4.69, 9.17) is 23.7 Å². The topological polar surface area (TPSA) is 66.4 Å². The van der Waals surface area contributed by atoms with Gasteiger partial charge in [0.25, 0.3) is 0 Å². The van der Waals surface area contributed by atoms with Gasteiger partial charge in [0.2, 0.25) is 0 Å². The molecule has 2 atom stereocenters. The maximum Gasteiger partial charge on any atom is 0.161 e. The predicted octanol–water partition coefficient (Wildman–Crippen LogP) is 2.84. The van der Waals surface area contributed by atoms with Gasteiger partial charge in [-0.1, -0.05) is 18.2 Å². The summed E-state index contributed by atoms with van der Waals surface area (Å²) in [5.74, 6) is 2.32. The van der Waals surface area contributed by atoms with Gasteiger partial charge in [-0.15, -0.1) is 0 Å². The minimum Gasteiger partial charge on any atom is -0.493 e. The lowest BCUT2D eigenvalue weighted by molar-refractivity contribution is -0.0265. The first-order valence-electron chi connectivity index (χ1n) is 7.83. The molecule has 0 fully saturated rings. The Morgan fingerprint density at radius 1 is 0.800 bits per heavy atom. The first kappa shape index (κ1) is 18.9. The van der Waals surface area contributed by atoms with E-state index < -0.39 is 12.2 Å². The third-order valence-electron chi connectivity index (χ3n) is 3.86. The van der Waals surface area contributed by atoms with E-state index in [1.165, 1.54) is 0 Å². The highest BCUT2D eigenvalue weighted by Gasteiger charge is 2.26. The van der Waals surface area contributed by atoms with E-state index in [1.807, 2.05) is 18.2 Å². The Morgan fingerprint density at radius 2 is 1.40 bits per heavy atom. The number of hydrogen-bond acceptors (Lipinski definition) is 6. The van der Waals surface area contributed by atoms with Crippen LogP contribution in [0.2, 0.25) is 0 Å². The minimum absolute atomic E-state index is 0.231. The molecule has 25 heavy (non-hydrogen) atoms. The molecular formula is C19H24O6. The third-order valence-corrected chi connectivity index (χ3v) is 3.86. The van der Waals surface area contributed by atoms with Crippen LogP contribution in [0, 0.1) is 0 Å². The first-order valence-corrected chi connectivity index (χ1v) is 7.83. The molecule has 0 radical (unpaired) electrons. The average molecular weight is 348 g/mol. The van der Waals surface area contributed by atoms with Crippen molar-refractivity contribution in [2.75, 3.05) is 35.0 Å². The van der Waals surface area contributed by atoms with Crippen molar-refractivity contribution in [3.05, 3.63) is 48.0 Å². The van der Waals surface area contributed by atoms with E-state index >= 15 is 0 Å². The maximum atomic E-state index is 9.84. The van der Waals surface area contributed by atoms with Crippen LogP contribution in [0.3, 0.4) is 0 Å². The van der Waals surface area contributed by atoms with Crippen LogP contribution >= 0.6 is 0 Å². The highest BCUT2D eigenvalue weighted by Crippen LogP contribution is 2.34. The lowest BCUT2D eigenvalue weighted by atomic mass is 10.0. The first-order chi connectivity index (χ1) is 12.2. The summed E-state index contributed by atoms with van der Waals surface area (Å²) in [6, 6.07) is 12.7. The van der Waals surface area contributed by atoms with E-state index in [0.717, 1.165) is 5.56 Å². The third kappa shape index (κ3) is 4.35. The van der Waals surface area contributed by atoms with E-state index in [9.17, 15) is 5.11 Å². The molecule has 2 aromatic rings. The molecule has 2 rings (SSSR count). The number of hydrogen-bond donors (Lipinski definition) is 1. The second-order valence-electron chi connectivity index (χ2n) is 5.26. The summed E-state index contributed by atoms with van der Waals surface area (Å²) >= 11 is 0. The van der Waals surface area contributed by atoms with Gasteiger partial charge in [-0.3, -0.25) is 0 Å². The van der Waals surface area contributed by atoms with Crippen molar-refractivity contribution in [2.45, 2.75) is 12.2 Å². The Kier molecular flexibility index (Phi) is 6.91. The van der Waals surface area contributed by atoms with Gasteiger partial charge in [0.1, 0.15) is 6.10 Å². The van der Waals surface area contributed by atoms with Crippen LogP contribution in [-0.2, 0) is 4.74 Å². The summed E-state index contributed by atoms with van der Waals surface area (Å²) in [5, 5.41) is 9.84. The van der Waals surface area contributed by atoms with Gasteiger partial charge in [-0.05, 0) is 29.8 Å². The monoisotopic (exact) mass is 348 g/mol. The molecule has 136 valence electrons. The molecule has 6 heteroatoms. The Balaban J connectivity index is 2.30. The predicted molar refractivity (Wildman–Crippen MR) is 93.8 cm³/mol. The van der Waals surface area contributed by atoms with Crippen molar-refractivity contribution < 1.29 is 28.8 Å². The summed E-state index contributed by atoms with van der Waals surface area (Å²) < 4.78 is 27.4. The van der Waals surface area contributed by atoms with Crippen LogP contribution in [0.25, 0.3) is 0 Å². The van der Waals surface area contributed by atoms with Gasteiger partial charge in [0.05, 0.1) is 27.9 Å². The molecule has 1 N–H and O–H groups in total. The van der Waals surface area contributed by atoms with Gasteiger partial charge in [0, 0.05) is 7.11 Å². The molecule has 2 aromatic carbocycles. The van der Waals surface area contributed by atoms with Gasteiger partial charge >= 0.3 is 0 Å². The van der Waals surface area contributed by atoms with Crippen LogP contribution in [0.15, 0.2) is 42.5 Å². The quantitative estimate of drug-likeness (QED) is 0.752. The zero-order valence-corrected chi connectivity index (χ0v) is 14.9. The molecule has 0 amide bonds. The number of ether oxygens (including phenoxy) is 5. The van der Waals surface area contributed by atoms with E-state index in [2.05, 4.69) is 0 Å². The summed E-state index contributed by atoms with van der Waals surface area (Å²) in [4.78, 5) is 0. The number of methoxy groups -OCH3 is 4. The van der Waals surface area contributed by atoms with Gasteiger partial charge in [-0.2, -0.15) is 0 Å². The summed E-state index contributed by atoms with van der Waals surface area (Å²) in [6.07, 6.45) is -1.13. The molecular weight excluding hydrogens is 324 g/mol. The minimum atomic E-state index is -0.626. The summed E-state index contributed by atoms with van der Waals surface area (Å²) in [6.45, 7) is -0.231. The number of aliphatic hydroxyl groups is 1. The summed E-state index contributed by atoms with van der Waals surface area (Å²) in [5.41, 5.74) is 0.800. The fourth-order valence-corrected chi connectivity index (χ4v) is 2.61. The van der Waals surface area contributed by atoms with E-state index in [1.54, 1.807) is 52.7 Å². The largest absolute Gasteiger partial charge is 0.493 e. The standard InChI is InChI=1S/C19H24O6/c1-21-14-7-5-6-8-16(14)25-18(12-20)19(24-4)13-9-10-15(22-2)17(11-13)23-3/h5-11,18-20H,12H2,1-4H3. The number of aliphatic hydroxyl groups excluding tert-OH is 1. The Hall–Kier alpha value is -2.44. The van der Waals surface area contributed by atoms with Gasteiger partial charge < -0.3 is 28.8 Å². The second-order valence-corrected chi connectivity index (χ2v) is 5.26. The Labute approximate surface area is 147 Å². The molecule has 0 bridgehead atoms. The van der Waals surface area contributed by atoms with Crippen LogP contribution in [0.1, 0.15) is 11.7 Å². The van der Waals surface area contributed by atoms with Crippen molar-refractivity contribution in [2.24, 2.45) is 0 Å². The SMILES string of the molecule is COc1ccc(C(OC)C(CO)Oc2ccccc2OC)cc1OC. The highest BCUT2D eigenvalue weighted by molar-refractivity contribution is 5.44. The van der Waals surface area contributed by atoms with Crippen molar-refractivity contribution in [3.8, 4) is 23.0 Å². The second kappa shape index (κ2) is 9.15. The zero-order valence-electron chi connectivity index (χ0n) is 14.9. The van der Waals surface area contributed by atoms with Crippen molar-refractivity contribution in [3.63, 3.8) is 0 Å². The molecule has 0 aliphatic carbocycles. The highest BCUT2D eigenvalue weighted by atomic mass is 16.6. The molecule has 0 saturated carbocycles. The van der Waals surface area contributed by atoms with Crippen molar-refractivity contribution in [1.82, 2.24) is 0 Å². The molecule has 0 aliphatic rings. The van der Waals surface area contributed by atoms with Crippen LogP contribution in [0.5, 0.6) is 23.0 Å². The van der Waals surface area contributed by atoms with Gasteiger partial charge in [-0.25, -0.2) is 0 Å². The molecule has 0 aliphatic heterocycles. The molecule has 2 unspecified atom stereocenters. The maximum absolute atomic E-state index is 9.84. The van der Waals surface area contributed by atoms with Crippen LogP contribution < -0.4 is 18.9 Å². The Bertz CT molecular complexity index is 673. The van der Waals surface area contributed by atoms with E-state index in [-0.39, 0.29) is 6.61 Å². The molecule has 0 heterocycles. The van der Waals surface area contributed by atoms with Crippen molar-refractivity contribution in [1.29, 1.82) is 0 Å². The smallest absolute Gasteiger partial charge is 0.161 e. The zero-order chi connectivity index (χ0) is 18.2.